The molecule has 1 aliphatic rings. The summed E-state index contributed by atoms with van der Waals surface area (Å²) in [4.78, 5) is 27.9. The molecular weight excluding hydrogens is 401 g/mol. The summed E-state index contributed by atoms with van der Waals surface area (Å²) in [6.07, 6.45) is -3.77. The minimum atomic E-state index is -4.29. The maximum atomic E-state index is 12.4. The van der Waals surface area contributed by atoms with Gasteiger partial charge >= 0.3 is 12.2 Å². The summed E-state index contributed by atoms with van der Waals surface area (Å²) in [6, 6.07) is 6.71. The van der Waals surface area contributed by atoms with Crippen molar-refractivity contribution in [2.24, 2.45) is 5.92 Å². The molecule has 1 saturated heterocycles. The fraction of sp³-hybridized carbons (Fsp3) is 0.600. The van der Waals surface area contributed by atoms with Crippen molar-refractivity contribution in [1.29, 1.82) is 0 Å². The Morgan fingerprint density at radius 3 is 2.13 bits per heavy atom. The average Bonchev–Trinajstić information content (AvgIpc) is 2.68. The molecule has 2 rings (SSSR count). The highest BCUT2D eigenvalue weighted by atomic mass is 19.4. The lowest BCUT2D eigenvalue weighted by Crippen LogP contribution is -2.50. The second kappa shape index (κ2) is 11.2. The van der Waals surface area contributed by atoms with Crippen molar-refractivity contribution in [3.8, 4) is 0 Å². The second-order valence-electron chi connectivity index (χ2n) is 7.50. The summed E-state index contributed by atoms with van der Waals surface area (Å²) in [7, 11) is 0. The largest absolute Gasteiger partial charge is 0.411 e. The van der Waals surface area contributed by atoms with Crippen LogP contribution in [-0.4, -0.2) is 73.9 Å². The van der Waals surface area contributed by atoms with Gasteiger partial charge in [0.05, 0.1) is 0 Å². The molecule has 7 nitrogen and oxygen atoms in total. The Balaban J connectivity index is 1.67. The lowest BCUT2D eigenvalue weighted by atomic mass is 10.2. The van der Waals surface area contributed by atoms with Crippen LogP contribution in [0.5, 0.6) is 0 Å². The van der Waals surface area contributed by atoms with E-state index in [4.69, 9.17) is 0 Å². The SMILES string of the molecule is CC(C)C(=O)Nc1ccc(NC(=O)N2CCN(CCCOCC(F)(F)F)CC2)cc1. The van der Waals surface area contributed by atoms with E-state index >= 15 is 0 Å². The van der Waals surface area contributed by atoms with Gasteiger partial charge in [0.1, 0.15) is 6.61 Å². The minimum absolute atomic E-state index is 0.0633. The van der Waals surface area contributed by atoms with E-state index in [-0.39, 0.29) is 24.5 Å². The Labute approximate surface area is 174 Å². The number of carbonyl (C=O) groups is 2. The van der Waals surface area contributed by atoms with E-state index in [1.807, 2.05) is 13.8 Å². The standard InChI is InChI=1S/C20H29F3N4O3/c1-15(2)18(28)24-16-4-6-17(7-5-16)25-19(29)27-11-9-26(10-12-27)8-3-13-30-14-20(21,22)23/h4-7,15H,3,8-14H2,1-2H3,(H,24,28)(H,25,29). The van der Waals surface area contributed by atoms with Gasteiger partial charge in [-0.05, 0) is 30.7 Å². The van der Waals surface area contributed by atoms with Crippen LogP contribution in [0.25, 0.3) is 0 Å². The molecule has 10 heteroatoms. The topological polar surface area (TPSA) is 73.9 Å². The van der Waals surface area contributed by atoms with Crippen molar-refractivity contribution in [2.45, 2.75) is 26.4 Å². The van der Waals surface area contributed by atoms with Crippen LogP contribution < -0.4 is 10.6 Å². The highest BCUT2D eigenvalue weighted by molar-refractivity contribution is 5.93. The summed E-state index contributed by atoms with van der Waals surface area (Å²) in [5.41, 5.74) is 1.30. The zero-order valence-electron chi connectivity index (χ0n) is 17.3. The predicted octanol–water partition coefficient (Wildman–Crippen LogP) is 3.40. The number of carbonyl (C=O) groups excluding carboxylic acids is 2. The van der Waals surface area contributed by atoms with E-state index in [1.54, 1.807) is 29.2 Å². The lowest BCUT2D eigenvalue weighted by molar-refractivity contribution is -0.174. The molecule has 1 aromatic carbocycles. The molecule has 168 valence electrons. The number of nitrogens with one attached hydrogen (secondary N) is 2. The van der Waals surface area contributed by atoms with Crippen LogP contribution in [0.15, 0.2) is 24.3 Å². The first-order chi connectivity index (χ1) is 14.1. The number of hydrogen-bond donors (Lipinski definition) is 2. The van der Waals surface area contributed by atoms with Gasteiger partial charge in [-0.2, -0.15) is 13.2 Å². The first kappa shape index (κ1) is 23.9. The van der Waals surface area contributed by atoms with E-state index in [1.165, 1.54) is 0 Å². The molecule has 1 aromatic rings. The van der Waals surface area contributed by atoms with E-state index in [2.05, 4.69) is 20.3 Å². The monoisotopic (exact) mass is 430 g/mol. The summed E-state index contributed by atoms with van der Waals surface area (Å²) >= 11 is 0. The van der Waals surface area contributed by atoms with Crippen molar-refractivity contribution in [1.82, 2.24) is 9.80 Å². The molecule has 0 aromatic heterocycles. The smallest absolute Gasteiger partial charge is 0.372 e. The Hall–Kier alpha value is -2.33. The number of piperazine rings is 1. The van der Waals surface area contributed by atoms with Gasteiger partial charge < -0.3 is 20.3 Å². The first-order valence-electron chi connectivity index (χ1n) is 9.98. The number of halogens is 3. The molecule has 30 heavy (non-hydrogen) atoms. The molecule has 1 heterocycles. The average molecular weight is 430 g/mol. The Morgan fingerprint density at radius 1 is 1.03 bits per heavy atom. The van der Waals surface area contributed by atoms with Gasteiger partial charge in [0.2, 0.25) is 5.91 Å². The summed E-state index contributed by atoms with van der Waals surface area (Å²) in [6.45, 7) is 5.50. The molecular formula is C20H29F3N4O3. The lowest BCUT2D eigenvalue weighted by Gasteiger charge is -2.34. The van der Waals surface area contributed by atoms with Crippen LogP contribution in [0.2, 0.25) is 0 Å². The molecule has 0 aliphatic carbocycles. The quantitative estimate of drug-likeness (QED) is 0.620. The molecule has 3 amide bonds. The van der Waals surface area contributed by atoms with Gasteiger partial charge in [0.25, 0.3) is 0 Å². The molecule has 0 spiro atoms. The first-order valence-corrected chi connectivity index (χ1v) is 9.98. The number of ether oxygens (including phenoxy) is 1. The third-order valence-corrected chi connectivity index (χ3v) is 4.62. The molecule has 0 atom stereocenters. The number of urea groups is 1. The Kier molecular flexibility index (Phi) is 8.91. The molecule has 0 unspecified atom stereocenters. The molecule has 1 aliphatic heterocycles. The maximum absolute atomic E-state index is 12.4. The minimum Gasteiger partial charge on any atom is -0.372 e. The van der Waals surface area contributed by atoms with Crippen LogP contribution in [0, 0.1) is 5.92 Å². The maximum Gasteiger partial charge on any atom is 0.411 e. The number of rotatable bonds is 8. The third kappa shape index (κ3) is 8.58. The van der Waals surface area contributed by atoms with Gasteiger partial charge in [0, 0.05) is 56.6 Å². The number of amides is 3. The normalized spacial score (nSPS) is 15.3. The fourth-order valence-corrected chi connectivity index (χ4v) is 2.88. The zero-order valence-corrected chi connectivity index (χ0v) is 17.3. The molecule has 2 N–H and O–H groups in total. The summed E-state index contributed by atoms with van der Waals surface area (Å²) < 4.78 is 40.7. The molecule has 0 radical (unpaired) electrons. The van der Waals surface area contributed by atoms with Crippen LogP contribution in [0.3, 0.4) is 0 Å². The van der Waals surface area contributed by atoms with Gasteiger partial charge in [-0.15, -0.1) is 0 Å². The number of benzene rings is 1. The summed E-state index contributed by atoms with van der Waals surface area (Å²) in [5, 5.41) is 5.62. The van der Waals surface area contributed by atoms with Crippen LogP contribution in [0.1, 0.15) is 20.3 Å². The van der Waals surface area contributed by atoms with Gasteiger partial charge in [0.15, 0.2) is 0 Å². The molecule has 0 bridgehead atoms. The van der Waals surface area contributed by atoms with Crippen molar-refractivity contribution < 1.29 is 27.5 Å². The van der Waals surface area contributed by atoms with Gasteiger partial charge in [-0.25, -0.2) is 4.79 Å². The Bertz CT molecular complexity index is 688. The second-order valence-corrected chi connectivity index (χ2v) is 7.50. The number of hydrogen-bond acceptors (Lipinski definition) is 4. The highest BCUT2D eigenvalue weighted by Crippen LogP contribution is 2.16. The fourth-order valence-electron chi connectivity index (χ4n) is 2.88. The van der Waals surface area contributed by atoms with Crippen LogP contribution in [-0.2, 0) is 9.53 Å². The zero-order chi connectivity index (χ0) is 22.1. The van der Waals surface area contributed by atoms with Crippen molar-refractivity contribution in [2.75, 3.05) is 56.6 Å². The van der Waals surface area contributed by atoms with E-state index in [9.17, 15) is 22.8 Å². The van der Waals surface area contributed by atoms with Gasteiger partial charge in [-0.3, -0.25) is 9.69 Å². The number of alkyl halides is 3. The van der Waals surface area contributed by atoms with Gasteiger partial charge in [-0.1, -0.05) is 13.8 Å². The van der Waals surface area contributed by atoms with Crippen molar-refractivity contribution >= 4 is 23.3 Å². The number of anilines is 2. The third-order valence-electron chi connectivity index (χ3n) is 4.62. The highest BCUT2D eigenvalue weighted by Gasteiger charge is 2.27. The Morgan fingerprint density at radius 2 is 1.60 bits per heavy atom. The summed E-state index contributed by atoms with van der Waals surface area (Å²) in [5.74, 6) is -0.188. The molecule has 1 fully saturated rings. The van der Waals surface area contributed by atoms with E-state index in [0.717, 1.165) is 0 Å². The van der Waals surface area contributed by atoms with Crippen molar-refractivity contribution in [3.63, 3.8) is 0 Å². The predicted molar refractivity (Wildman–Crippen MR) is 108 cm³/mol. The number of nitrogens with zero attached hydrogens (tertiary/aromatic N) is 2. The van der Waals surface area contributed by atoms with Crippen LogP contribution >= 0.6 is 0 Å². The van der Waals surface area contributed by atoms with E-state index in [0.29, 0.717) is 50.5 Å². The molecule has 0 saturated carbocycles. The van der Waals surface area contributed by atoms with E-state index < -0.39 is 12.8 Å². The van der Waals surface area contributed by atoms with Crippen molar-refractivity contribution in [3.05, 3.63) is 24.3 Å². The van der Waals surface area contributed by atoms with Crippen LogP contribution in [0.4, 0.5) is 29.3 Å².